The summed E-state index contributed by atoms with van der Waals surface area (Å²) in [7, 11) is 1.24. The molecule has 0 bridgehead atoms. The molecule has 0 aliphatic carbocycles. The highest BCUT2D eigenvalue weighted by atomic mass is 16.5. The predicted octanol–water partition coefficient (Wildman–Crippen LogP) is 1.53. The Morgan fingerprint density at radius 2 is 1.72 bits per heavy atom. The third-order valence-corrected chi connectivity index (χ3v) is 5.15. The molecule has 3 rings (SSSR count). The summed E-state index contributed by atoms with van der Waals surface area (Å²) in [4.78, 5) is 38.3. The van der Waals surface area contributed by atoms with Gasteiger partial charge in [0.25, 0.3) is 0 Å². The molecule has 0 saturated carbocycles. The minimum absolute atomic E-state index is 0.0212. The largest absolute Gasteiger partial charge is 0.468 e. The molecule has 1 fully saturated rings. The van der Waals surface area contributed by atoms with Crippen LogP contribution < -0.4 is 5.32 Å². The molecule has 152 valence electrons. The zero-order chi connectivity index (χ0) is 21.0. The first-order valence-electron chi connectivity index (χ1n) is 9.34. The van der Waals surface area contributed by atoms with E-state index in [1.807, 2.05) is 12.1 Å². The minimum atomic E-state index is -1.53. The van der Waals surface area contributed by atoms with E-state index in [4.69, 9.17) is 4.74 Å². The zero-order valence-electron chi connectivity index (χ0n) is 16.4. The summed E-state index contributed by atoms with van der Waals surface area (Å²) >= 11 is 0. The molecular weight excluding hydrogens is 372 g/mol. The molecule has 7 heteroatoms. The van der Waals surface area contributed by atoms with Crippen molar-refractivity contribution in [2.75, 3.05) is 13.7 Å². The van der Waals surface area contributed by atoms with Gasteiger partial charge in [-0.3, -0.25) is 14.4 Å². The Labute approximate surface area is 169 Å². The second-order valence-electron chi connectivity index (χ2n) is 7.10. The van der Waals surface area contributed by atoms with Crippen LogP contribution in [0.15, 0.2) is 60.7 Å². The van der Waals surface area contributed by atoms with Crippen molar-refractivity contribution < 1.29 is 24.2 Å². The lowest BCUT2D eigenvalue weighted by molar-refractivity contribution is -0.167. The Bertz CT molecular complexity index is 887. The Hall–Kier alpha value is -3.19. The van der Waals surface area contributed by atoms with Crippen LogP contribution in [-0.4, -0.2) is 47.5 Å². The Morgan fingerprint density at radius 1 is 1.14 bits per heavy atom. The molecule has 7 nitrogen and oxygen atoms in total. The van der Waals surface area contributed by atoms with Crippen LogP contribution in [0, 0.1) is 0 Å². The number of benzene rings is 2. The maximum atomic E-state index is 13.2. The predicted molar refractivity (Wildman–Crippen MR) is 105 cm³/mol. The quantitative estimate of drug-likeness (QED) is 0.748. The molecular formula is C22H24N2O5. The number of esters is 1. The Kier molecular flexibility index (Phi) is 5.98. The van der Waals surface area contributed by atoms with Crippen LogP contribution in [0.1, 0.15) is 30.5 Å². The van der Waals surface area contributed by atoms with Crippen LogP contribution in [0.25, 0.3) is 0 Å². The van der Waals surface area contributed by atoms with E-state index in [0.29, 0.717) is 11.1 Å². The number of aliphatic hydroxyl groups is 1. The van der Waals surface area contributed by atoms with Crippen LogP contribution in [0.3, 0.4) is 0 Å². The summed E-state index contributed by atoms with van der Waals surface area (Å²) in [6, 6.07) is 16.2. The smallest absolute Gasteiger partial charge is 0.325 e. The maximum Gasteiger partial charge on any atom is 0.325 e. The Morgan fingerprint density at radius 3 is 2.28 bits per heavy atom. The second-order valence-corrected chi connectivity index (χ2v) is 7.10. The first-order valence-corrected chi connectivity index (χ1v) is 9.34. The van der Waals surface area contributed by atoms with E-state index in [1.54, 1.807) is 48.5 Å². The fourth-order valence-electron chi connectivity index (χ4n) is 3.92. The van der Waals surface area contributed by atoms with Crippen LogP contribution in [0.2, 0.25) is 0 Å². The van der Waals surface area contributed by atoms with Gasteiger partial charge in [0, 0.05) is 13.3 Å². The van der Waals surface area contributed by atoms with Gasteiger partial charge in [-0.05, 0) is 11.1 Å². The van der Waals surface area contributed by atoms with Crippen molar-refractivity contribution in [3.63, 3.8) is 0 Å². The number of nitrogens with one attached hydrogen (secondary N) is 1. The van der Waals surface area contributed by atoms with Crippen molar-refractivity contribution in [1.29, 1.82) is 0 Å². The van der Waals surface area contributed by atoms with E-state index in [1.165, 1.54) is 18.9 Å². The highest BCUT2D eigenvalue weighted by Gasteiger charge is 2.53. The topological polar surface area (TPSA) is 95.9 Å². The first kappa shape index (κ1) is 20.5. The number of piperidine rings is 1. The van der Waals surface area contributed by atoms with Gasteiger partial charge >= 0.3 is 5.97 Å². The van der Waals surface area contributed by atoms with Crippen LogP contribution in [-0.2, 0) is 24.7 Å². The number of nitrogens with zero attached hydrogens (tertiary/aromatic N) is 1. The number of rotatable bonds is 5. The summed E-state index contributed by atoms with van der Waals surface area (Å²) in [6.07, 6.45) is -0.0212. The lowest BCUT2D eigenvalue weighted by atomic mass is 9.74. The molecule has 1 aliphatic heterocycles. The van der Waals surface area contributed by atoms with Gasteiger partial charge < -0.3 is 20.1 Å². The van der Waals surface area contributed by atoms with E-state index in [0.717, 1.165) is 0 Å². The molecule has 0 radical (unpaired) electrons. The normalized spacial score (nSPS) is 24.1. The Balaban J connectivity index is 2.17. The summed E-state index contributed by atoms with van der Waals surface area (Å²) in [5.74, 6) is -1.45. The summed E-state index contributed by atoms with van der Waals surface area (Å²) in [6.45, 7) is 0.961. The summed E-state index contributed by atoms with van der Waals surface area (Å²) in [5.41, 5.74) is -0.263. The fraction of sp³-hybridized carbons (Fsp3) is 0.318. The van der Waals surface area contributed by atoms with Crippen molar-refractivity contribution >= 4 is 17.8 Å². The molecule has 3 atom stereocenters. The van der Waals surface area contributed by atoms with Gasteiger partial charge in [0.15, 0.2) is 0 Å². The van der Waals surface area contributed by atoms with E-state index < -0.39 is 35.5 Å². The van der Waals surface area contributed by atoms with Crippen molar-refractivity contribution in [3.05, 3.63) is 71.8 Å². The van der Waals surface area contributed by atoms with Gasteiger partial charge in [-0.1, -0.05) is 60.7 Å². The number of ether oxygens (including phenoxy) is 1. The third-order valence-electron chi connectivity index (χ3n) is 5.15. The molecule has 29 heavy (non-hydrogen) atoms. The molecule has 0 aromatic heterocycles. The number of hydrogen-bond donors (Lipinski definition) is 2. The average Bonchev–Trinajstić information content (AvgIpc) is 2.72. The number of hydrogen-bond acceptors (Lipinski definition) is 5. The molecule has 1 saturated heterocycles. The first-order chi connectivity index (χ1) is 13.9. The maximum absolute atomic E-state index is 13.2. The van der Waals surface area contributed by atoms with Crippen molar-refractivity contribution in [2.24, 2.45) is 0 Å². The van der Waals surface area contributed by atoms with Crippen LogP contribution in [0.5, 0.6) is 0 Å². The lowest BCUT2D eigenvalue weighted by Gasteiger charge is -2.49. The summed E-state index contributed by atoms with van der Waals surface area (Å²) < 4.78 is 4.77. The molecule has 1 aliphatic rings. The number of methoxy groups -OCH3 is 1. The van der Waals surface area contributed by atoms with E-state index >= 15 is 0 Å². The number of amides is 2. The molecule has 0 spiro atoms. The number of carbonyl (C=O) groups is 3. The van der Waals surface area contributed by atoms with E-state index in [-0.39, 0.29) is 13.0 Å². The highest BCUT2D eigenvalue weighted by Crippen LogP contribution is 2.46. The lowest BCUT2D eigenvalue weighted by Crippen LogP contribution is -2.62. The third kappa shape index (κ3) is 4.14. The van der Waals surface area contributed by atoms with Crippen molar-refractivity contribution in [3.8, 4) is 0 Å². The van der Waals surface area contributed by atoms with Crippen molar-refractivity contribution in [1.82, 2.24) is 10.2 Å². The zero-order valence-corrected chi connectivity index (χ0v) is 16.4. The van der Waals surface area contributed by atoms with Crippen molar-refractivity contribution in [2.45, 2.75) is 31.0 Å². The van der Waals surface area contributed by atoms with Gasteiger partial charge in [-0.2, -0.15) is 0 Å². The van der Waals surface area contributed by atoms with E-state index in [2.05, 4.69) is 5.32 Å². The van der Waals surface area contributed by atoms with Crippen LogP contribution in [0.4, 0.5) is 0 Å². The highest BCUT2D eigenvalue weighted by molar-refractivity contribution is 5.90. The molecule has 2 N–H and O–H groups in total. The van der Waals surface area contributed by atoms with E-state index in [9.17, 15) is 19.5 Å². The number of carbonyl (C=O) groups excluding carboxylic acids is 3. The second kappa shape index (κ2) is 8.45. The molecule has 0 unspecified atom stereocenters. The molecule has 2 amide bonds. The van der Waals surface area contributed by atoms with Gasteiger partial charge in [0.1, 0.15) is 18.2 Å². The monoisotopic (exact) mass is 396 g/mol. The molecule has 1 heterocycles. The van der Waals surface area contributed by atoms with Gasteiger partial charge in [-0.15, -0.1) is 0 Å². The van der Waals surface area contributed by atoms with Gasteiger partial charge in [0.2, 0.25) is 11.8 Å². The standard InChI is InChI=1S/C22H24N2O5/c1-15(25)23-18-13-22(28,17-11-7-4-8-12-17)20(16-9-5-3-6-10-16)24(21(18)27)14-19(26)29-2/h3-12,18,20,28H,13-14H2,1-2H3,(H,23,25)/t18-,20+,22+/m0/s1. The van der Waals surface area contributed by atoms with Crippen LogP contribution >= 0.6 is 0 Å². The SMILES string of the molecule is COC(=O)CN1C(=O)[C@@H](NC(C)=O)C[C@@](O)(c2ccccc2)[C@H]1c1ccccc1. The summed E-state index contributed by atoms with van der Waals surface area (Å²) in [5, 5.41) is 14.5. The average molecular weight is 396 g/mol. The van der Waals surface area contributed by atoms with Gasteiger partial charge in [0.05, 0.1) is 13.2 Å². The van der Waals surface area contributed by atoms with Gasteiger partial charge in [-0.25, -0.2) is 0 Å². The molecule has 2 aromatic rings. The number of likely N-dealkylation sites (tertiary alicyclic amines) is 1. The molecule has 2 aromatic carbocycles. The fourth-order valence-corrected chi connectivity index (χ4v) is 3.92. The minimum Gasteiger partial charge on any atom is -0.468 e.